The summed E-state index contributed by atoms with van der Waals surface area (Å²) >= 11 is 0. The van der Waals surface area contributed by atoms with Crippen LogP contribution in [0.5, 0.6) is 23.0 Å². The molecule has 12 aromatic rings. The van der Waals surface area contributed by atoms with Crippen molar-refractivity contribution >= 4 is 99.6 Å². The van der Waals surface area contributed by atoms with Crippen molar-refractivity contribution in [2.75, 3.05) is 24.7 Å². The van der Waals surface area contributed by atoms with Crippen molar-refractivity contribution in [2.24, 2.45) is 17.3 Å². The van der Waals surface area contributed by atoms with Crippen molar-refractivity contribution in [1.82, 2.24) is 0 Å². The molecule has 0 N–H and O–H groups in total. The smallest absolute Gasteiger partial charge is 0.333 e. The predicted molar refractivity (Wildman–Crippen MR) is 557 cm³/mol. The highest BCUT2D eigenvalue weighted by atomic mass is 32.2. The molecule has 0 radical (unpaired) electrons. The van der Waals surface area contributed by atoms with Crippen LogP contribution in [0.15, 0.2) is 447 Å². The molecule has 4 bridgehead atoms. The van der Waals surface area contributed by atoms with Crippen LogP contribution in [-0.2, 0) is 112 Å². The van der Waals surface area contributed by atoms with Crippen LogP contribution >= 0.6 is 0 Å². The molecule has 12 aromatic carbocycles. The predicted octanol–water partition coefficient (Wildman–Crippen LogP) is 25.3. The third-order valence-electron chi connectivity index (χ3n) is 22.0. The van der Waals surface area contributed by atoms with Crippen LogP contribution in [0.3, 0.4) is 0 Å². The summed E-state index contributed by atoms with van der Waals surface area (Å²) in [6.07, 6.45) is 9.72. The lowest BCUT2D eigenvalue weighted by Gasteiger charge is -2.59. The van der Waals surface area contributed by atoms with Gasteiger partial charge >= 0.3 is 56.1 Å². The Labute approximate surface area is 834 Å². The minimum atomic E-state index is -3.90. The van der Waals surface area contributed by atoms with Crippen LogP contribution in [-0.4, -0.2) is 89.1 Å². The Morgan fingerprint density at radius 3 is 0.878 bits per heavy atom. The Balaban J connectivity index is 0.000000219. The SMILES string of the molecule is C=C(C)C(=O)OC12CC3CC(C1)CC(C(=O)Oc1ccc([S+](c4ccccc4)c4ccccc4)cc1)(C3)C2.C=C(C)C(=O)OC1CCCC1.C=C(C)C(=O)OCCCS(=O)(=O)Oc1ccc([S+](c2ccccc2)c2ccccc2)cc1.C=C(C)C(=O)OCCS(=O)(=O)Oc1ccc([S+](c2ccccc2)c2ccccc2)cc1.CC(=O)Oc1ccc([S+](c2ccccc2)c2ccccc2)cc1.[CH3-].[CH3-].[CH3-].[CH3-]. The van der Waals surface area contributed by atoms with Gasteiger partial charge in [0.1, 0.15) is 47.1 Å². The molecular weight excluding hydrogens is 1860 g/mol. The lowest BCUT2D eigenvalue weighted by atomic mass is 9.48. The van der Waals surface area contributed by atoms with Crippen LogP contribution in [0.1, 0.15) is 105 Å². The Kier molecular flexibility index (Phi) is 43.4. The van der Waals surface area contributed by atoms with Gasteiger partial charge in [-0.25, -0.2) is 19.2 Å². The fourth-order valence-electron chi connectivity index (χ4n) is 16.4. The maximum Gasteiger partial charge on any atom is 0.333 e. The van der Waals surface area contributed by atoms with Gasteiger partial charge in [0.2, 0.25) is 0 Å². The topological polar surface area (TPSA) is 245 Å². The quantitative estimate of drug-likeness (QED) is 0.00556. The largest absolute Gasteiger partial charge is 0.462 e. The fourth-order valence-corrected chi connectivity index (χ4v) is 26.4. The second-order valence-corrected chi connectivity index (χ2v) is 44.6. The van der Waals surface area contributed by atoms with Crippen molar-refractivity contribution in [1.29, 1.82) is 0 Å². The number of hydrogen-bond acceptors (Lipinski definition) is 18. The Bertz CT molecular complexity index is 6050. The first-order valence-electron chi connectivity index (χ1n) is 44.4. The number of carbonyl (C=O) groups excluding carboxylic acids is 6. The third-order valence-corrected chi connectivity index (χ3v) is 33.3. The summed E-state index contributed by atoms with van der Waals surface area (Å²) in [5.41, 5.74) is 0.230. The summed E-state index contributed by atoms with van der Waals surface area (Å²) in [6.45, 7) is 21.7. The van der Waals surface area contributed by atoms with E-state index >= 15 is 0 Å². The molecule has 5 saturated carbocycles. The van der Waals surface area contributed by atoms with Crippen molar-refractivity contribution < 1.29 is 82.4 Å². The normalized spacial score (nSPS) is 15.7. The molecule has 5 fully saturated rings. The minimum Gasteiger partial charge on any atom is -0.462 e. The zero-order chi connectivity index (χ0) is 95.9. The molecule has 5 aliphatic carbocycles. The first kappa shape index (κ1) is 112. The van der Waals surface area contributed by atoms with Crippen molar-refractivity contribution in [3.8, 4) is 23.0 Å². The van der Waals surface area contributed by atoms with Gasteiger partial charge in [-0.15, -0.1) is 0 Å². The molecule has 0 spiro atoms. The van der Waals surface area contributed by atoms with E-state index in [1.165, 1.54) is 72.8 Å². The summed E-state index contributed by atoms with van der Waals surface area (Å²) < 4.78 is 91.3. The summed E-state index contributed by atoms with van der Waals surface area (Å²) in [5, 5.41) is 0. The monoisotopic (exact) mass is 1980 g/mol. The minimum absolute atomic E-state index is 0. The second kappa shape index (κ2) is 54.0. The zero-order valence-corrected chi connectivity index (χ0v) is 85.2. The molecule has 139 heavy (non-hydrogen) atoms. The van der Waals surface area contributed by atoms with Crippen molar-refractivity contribution in [3.63, 3.8) is 0 Å². The van der Waals surface area contributed by atoms with E-state index in [1.54, 1.807) is 38.1 Å². The van der Waals surface area contributed by atoms with Crippen LogP contribution in [0.25, 0.3) is 0 Å². The lowest BCUT2D eigenvalue weighted by Crippen LogP contribution is -2.60. The first-order valence-corrected chi connectivity index (χ1v) is 52.5. The molecule has 0 aromatic heterocycles. The lowest BCUT2D eigenvalue weighted by molar-refractivity contribution is -0.206. The molecular formula is C115H124O18S6. The molecule has 24 heteroatoms. The number of esters is 6. The van der Waals surface area contributed by atoms with Gasteiger partial charge in [0.25, 0.3) is 0 Å². The maximum atomic E-state index is 13.7. The maximum absolute atomic E-state index is 13.7. The van der Waals surface area contributed by atoms with Crippen LogP contribution in [0.2, 0.25) is 0 Å². The van der Waals surface area contributed by atoms with Gasteiger partial charge < -0.3 is 66.5 Å². The van der Waals surface area contributed by atoms with E-state index in [2.05, 4.69) is 184 Å². The molecule has 0 saturated heterocycles. The van der Waals surface area contributed by atoms with Gasteiger partial charge in [-0.05, 0) is 298 Å². The second-order valence-electron chi connectivity index (χ2n) is 33.2. The molecule has 5 aliphatic rings. The van der Waals surface area contributed by atoms with Gasteiger partial charge in [0.05, 0.1) is 61.4 Å². The number of hydrogen-bond donors (Lipinski definition) is 0. The van der Waals surface area contributed by atoms with E-state index in [0.29, 0.717) is 40.9 Å². The Hall–Kier alpha value is -12.7. The first-order chi connectivity index (χ1) is 65.0. The van der Waals surface area contributed by atoms with Crippen molar-refractivity contribution in [2.45, 2.75) is 176 Å². The van der Waals surface area contributed by atoms with Gasteiger partial charge in [-0.2, -0.15) is 16.8 Å². The molecule has 0 aliphatic heterocycles. The number of rotatable bonds is 32. The highest BCUT2D eigenvalue weighted by molar-refractivity contribution is 7.98. The number of carbonyl (C=O) groups is 6. The Morgan fingerprint density at radius 2 is 0.590 bits per heavy atom. The van der Waals surface area contributed by atoms with E-state index in [0.717, 1.165) is 64.5 Å². The summed E-state index contributed by atoms with van der Waals surface area (Å²) in [6, 6.07) is 112. The number of benzene rings is 12. The summed E-state index contributed by atoms with van der Waals surface area (Å²) in [4.78, 5) is 85.0. The van der Waals surface area contributed by atoms with E-state index in [1.807, 2.05) is 158 Å². The van der Waals surface area contributed by atoms with E-state index in [4.69, 9.17) is 36.8 Å². The van der Waals surface area contributed by atoms with E-state index < -0.39 is 48.9 Å². The summed E-state index contributed by atoms with van der Waals surface area (Å²) in [5.74, 6) is -0.554. The van der Waals surface area contributed by atoms with Crippen LogP contribution in [0, 0.1) is 47.0 Å². The summed E-state index contributed by atoms with van der Waals surface area (Å²) in [7, 11) is -8.78. The highest BCUT2D eigenvalue weighted by Crippen LogP contribution is 2.63. The van der Waals surface area contributed by atoms with Crippen molar-refractivity contribution in [3.05, 3.63) is 418 Å². The fraction of sp³-hybridized carbons (Fsp3) is 0.217. The average molecular weight is 1990 g/mol. The standard InChI is InChI=1S/C33H33O4S.C25H25O5S2.C24H23O5S2.C20H17O2S.C9H14O2.4CH3/c1-23(2)30(34)37-33-20-24-17-25(21-33)19-32(18-24,22-33)31(35)36-26-13-15-29(16-14-26)38(27-9-5-3-6-10-27)28-11-7-4-8-12-28;1-20(2)25(26)29-18-9-19-32(27,28)30-21-14-16-24(17-15-21)31(22-10-5-3-6-11-22)23-12-7-4-8-13-23;1-19(2)24(25)28-17-18-31(26,27)29-20-13-15-23(16-14-20)30(21-9-5-3-6-10-21)22-11-7-4-8-12-22;1-16(21)22-17-12-14-20(15-13-17)23(18-8-4-2-5-9-18)19-10-6-3-7-11-19;1-7(2)9(10)11-8-5-3-4-6-8;;;;/h3-16,24-25H,1,17-22H2,2H3;3-8,10-17H,1,9,18-19H2,2H3;3-16H,1,17-18H2,2H3;2-15H,1H3;8H,1,3-6H2,2H3;4*1H3/q4*+1;;4*-1. The zero-order valence-electron chi connectivity index (χ0n) is 80.3. The van der Waals surface area contributed by atoms with E-state index in [-0.39, 0.29) is 151 Å². The van der Waals surface area contributed by atoms with E-state index in [9.17, 15) is 45.6 Å². The molecule has 18 nitrogen and oxygen atoms in total. The van der Waals surface area contributed by atoms with Gasteiger partial charge in [0.15, 0.2) is 58.7 Å². The molecule has 2 unspecified atom stereocenters. The highest BCUT2D eigenvalue weighted by Gasteiger charge is 2.63. The Morgan fingerprint density at radius 1 is 0.324 bits per heavy atom. The molecule has 17 rings (SSSR count). The number of ether oxygens (including phenoxy) is 6. The van der Waals surface area contributed by atoms with Gasteiger partial charge in [-0.3, -0.25) is 9.59 Å². The van der Waals surface area contributed by atoms with Crippen LogP contribution < -0.4 is 17.8 Å². The molecule has 2 atom stereocenters. The van der Waals surface area contributed by atoms with Crippen LogP contribution in [0.4, 0.5) is 0 Å². The average Bonchev–Trinajstić information content (AvgIpc) is 0.880. The third kappa shape index (κ3) is 33.0. The molecule has 728 valence electrons. The van der Waals surface area contributed by atoms with Gasteiger partial charge in [0, 0.05) is 35.6 Å². The van der Waals surface area contributed by atoms with Gasteiger partial charge in [-0.1, -0.05) is 172 Å². The molecule has 0 heterocycles. The molecule has 0 amide bonds.